The second kappa shape index (κ2) is 16.9. The third-order valence-electron chi connectivity index (χ3n) is 9.73. The van der Waals surface area contributed by atoms with Gasteiger partial charge < -0.3 is 28.1 Å². The maximum atomic E-state index is 13.1. The predicted octanol–water partition coefficient (Wildman–Crippen LogP) is 7.23. The Balaban J connectivity index is 0.000000169. The first-order valence-corrected chi connectivity index (χ1v) is 18.0. The number of hydrogen-bond donors (Lipinski definition) is 0. The van der Waals surface area contributed by atoms with E-state index in [0.717, 1.165) is 36.8 Å². The lowest BCUT2D eigenvalue weighted by atomic mass is 9.97. The molecule has 5 heterocycles. The van der Waals surface area contributed by atoms with Crippen molar-refractivity contribution in [3.05, 3.63) is 125 Å². The fourth-order valence-corrected chi connectivity index (χ4v) is 6.80. The summed E-state index contributed by atoms with van der Waals surface area (Å²) in [4.78, 5) is 38.1. The van der Waals surface area contributed by atoms with E-state index in [-0.39, 0.29) is 41.9 Å². The Labute approximate surface area is 315 Å². The van der Waals surface area contributed by atoms with E-state index >= 15 is 0 Å². The summed E-state index contributed by atoms with van der Waals surface area (Å²) in [5, 5.41) is 11.8. The van der Waals surface area contributed by atoms with Crippen LogP contribution < -0.4 is 0 Å². The molecule has 0 unspecified atom stereocenters. The normalized spacial score (nSPS) is 17.1. The molecule has 2 aliphatic rings. The van der Waals surface area contributed by atoms with Crippen molar-refractivity contribution in [2.45, 2.75) is 51.0 Å². The van der Waals surface area contributed by atoms with Gasteiger partial charge in [0, 0.05) is 50.0 Å². The van der Waals surface area contributed by atoms with Gasteiger partial charge in [0.1, 0.15) is 23.8 Å². The number of aryl methyl sites for hydroxylation is 1. The Morgan fingerprint density at radius 3 is 1.98 bits per heavy atom. The molecule has 0 N–H and O–H groups in total. The molecular formula is C40H39F2N7O6. The number of piperidine rings is 2. The first-order chi connectivity index (χ1) is 26.8. The highest BCUT2D eigenvalue weighted by Crippen LogP contribution is 2.31. The lowest BCUT2D eigenvalue weighted by molar-refractivity contribution is 0.0683. The van der Waals surface area contributed by atoms with Crippen LogP contribution in [0.4, 0.5) is 8.78 Å². The zero-order valence-electron chi connectivity index (χ0n) is 30.4. The minimum atomic E-state index is -0.349. The topological polar surface area (TPSA) is 154 Å². The number of aromatic nitrogens is 5. The summed E-state index contributed by atoms with van der Waals surface area (Å²) < 4.78 is 47.3. The summed E-state index contributed by atoms with van der Waals surface area (Å²) in [5.41, 5.74) is 3.60. The van der Waals surface area contributed by atoms with Crippen LogP contribution in [0, 0.1) is 18.6 Å². The van der Waals surface area contributed by atoms with Gasteiger partial charge >= 0.3 is 0 Å². The Bertz CT molecular complexity index is 2220. The zero-order chi connectivity index (χ0) is 38.3. The maximum Gasteiger partial charge on any atom is 0.259 e. The molecule has 0 bridgehead atoms. The number of halogens is 2. The van der Waals surface area contributed by atoms with Crippen LogP contribution >= 0.6 is 0 Å². The van der Waals surface area contributed by atoms with Crippen LogP contribution in [0.2, 0.25) is 0 Å². The number of carbonyl (C=O) groups excluding carboxylic acids is 2. The predicted molar refractivity (Wildman–Crippen MR) is 194 cm³/mol. The monoisotopic (exact) mass is 751 g/mol. The fourth-order valence-electron chi connectivity index (χ4n) is 6.80. The minimum Gasteiger partial charge on any atom is -0.377 e. The van der Waals surface area contributed by atoms with E-state index in [4.69, 9.17) is 18.3 Å². The molecule has 0 saturated carbocycles. The van der Waals surface area contributed by atoms with E-state index in [9.17, 15) is 18.4 Å². The Kier molecular flexibility index (Phi) is 11.5. The molecule has 2 fully saturated rings. The lowest BCUT2D eigenvalue weighted by Gasteiger charge is -2.31. The van der Waals surface area contributed by atoms with Crippen molar-refractivity contribution in [2.75, 3.05) is 33.3 Å². The van der Waals surface area contributed by atoms with Crippen molar-refractivity contribution in [2.24, 2.45) is 0 Å². The van der Waals surface area contributed by atoms with Crippen molar-refractivity contribution < 1.29 is 36.7 Å². The van der Waals surface area contributed by atoms with Crippen LogP contribution in [0.25, 0.3) is 22.8 Å². The quantitative estimate of drug-likeness (QED) is 0.155. The van der Waals surface area contributed by atoms with Gasteiger partial charge in [0.2, 0.25) is 23.4 Å². The molecule has 2 atom stereocenters. The molecule has 8 rings (SSSR count). The van der Waals surface area contributed by atoms with E-state index in [1.807, 2.05) is 31.2 Å². The highest BCUT2D eigenvalue weighted by molar-refractivity contribution is 5.95. The zero-order valence-corrected chi connectivity index (χ0v) is 30.4. The molecule has 3 aromatic carbocycles. The largest absolute Gasteiger partial charge is 0.377 e. The Morgan fingerprint density at radius 2 is 1.35 bits per heavy atom. The van der Waals surface area contributed by atoms with E-state index in [0.29, 0.717) is 72.1 Å². The molecule has 55 heavy (non-hydrogen) atoms. The van der Waals surface area contributed by atoms with Crippen molar-refractivity contribution in [3.63, 3.8) is 0 Å². The standard InChI is InChI=1S/C21H20FN3O2.C19H19FN4O4/c1-14-5-2-3-7-18(14)19-23-20(27-24-19)16-6-4-12-25(13-16)21(26)15-8-10-17(22)11-9-15;1-26-11-16-15(9-21-27-16)19(25)24-8-2-3-13(10-24)18-22-17(23-28-18)12-4-6-14(20)7-5-12/h2-3,5,7-11,16H,4,6,12-13H2,1H3;4-7,9,13H,2-3,8,10-11H2,1H3/t16-;13-/m00/s1. The fraction of sp³-hybridized carbons (Fsp3) is 0.325. The Morgan fingerprint density at radius 1 is 0.764 bits per heavy atom. The van der Waals surface area contributed by atoms with Crippen LogP contribution in [0.5, 0.6) is 0 Å². The molecule has 13 nitrogen and oxygen atoms in total. The second-order valence-corrected chi connectivity index (χ2v) is 13.5. The molecule has 284 valence electrons. The van der Waals surface area contributed by atoms with Gasteiger partial charge in [-0.3, -0.25) is 9.59 Å². The van der Waals surface area contributed by atoms with Crippen LogP contribution in [0.1, 0.15) is 81.3 Å². The number of carbonyl (C=O) groups is 2. The molecule has 2 saturated heterocycles. The number of likely N-dealkylation sites (tertiary alicyclic amines) is 2. The smallest absolute Gasteiger partial charge is 0.259 e. The number of amides is 2. The van der Waals surface area contributed by atoms with Crippen LogP contribution in [0.3, 0.4) is 0 Å². The van der Waals surface area contributed by atoms with Gasteiger partial charge in [-0.25, -0.2) is 8.78 Å². The van der Waals surface area contributed by atoms with Crippen LogP contribution in [0.15, 0.2) is 92.6 Å². The van der Waals surface area contributed by atoms with Crippen LogP contribution in [-0.2, 0) is 11.3 Å². The van der Waals surface area contributed by atoms with Gasteiger partial charge in [-0.1, -0.05) is 39.7 Å². The average Bonchev–Trinajstić information content (AvgIpc) is 4.01. The van der Waals surface area contributed by atoms with Crippen molar-refractivity contribution >= 4 is 11.8 Å². The summed E-state index contributed by atoms with van der Waals surface area (Å²) in [7, 11) is 1.53. The SMILES string of the molecule is COCc1oncc1C(=O)N1CCC[C@H](c2nc(-c3ccc(F)cc3)no2)C1.Cc1ccccc1-c1noc([C@H]2CCCN(C(=O)c3ccc(F)cc3)C2)n1. The second-order valence-electron chi connectivity index (χ2n) is 13.5. The number of rotatable bonds is 8. The molecule has 0 radical (unpaired) electrons. The number of nitrogens with zero attached hydrogens (tertiary/aromatic N) is 7. The summed E-state index contributed by atoms with van der Waals surface area (Å²) in [6.07, 6.45) is 4.82. The number of hydrogen-bond acceptors (Lipinski definition) is 11. The summed E-state index contributed by atoms with van der Waals surface area (Å²) >= 11 is 0. The third kappa shape index (κ3) is 8.67. The first-order valence-electron chi connectivity index (χ1n) is 18.0. The molecular weight excluding hydrogens is 712 g/mol. The molecule has 2 aliphatic heterocycles. The van der Waals surface area contributed by atoms with Gasteiger partial charge in [0.25, 0.3) is 11.8 Å². The van der Waals surface area contributed by atoms with Gasteiger partial charge in [0.15, 0.2) is 5.76 Å². The molecule has 15 heteroatoms. The van der Waals surface area contributed by atoms with Gasteiger partial charge in [-0.05, 0) is 86.7 Å². The van der Waals surface area contributed by atoms with Gasteiger partial charge in [-0.2, -0.15) is 9.97 Å². The van der Waals surface area contributed by atoms with Crippen molar-refractivity contribution in [3.8, 4) is 22.8 Å². The third-order valence-corrected chi connectivity index (χ3v) is 9.73. The summed E-state index contributed by atoms with van der Waals surface area (Å²) in [5.74, 6) is 1.43. The van der Waals surface area contributed by atoms with Gasteiger partial charge in [-0.15, -0.1) is 0 Å². The van der Waals surface area contributed by atoms with E-state index in [1.165, 1.54) is 49.7 Å². The summed E-state index contributed by atoms with van der Waals surface area (Å²) in [6, 6.07) is 19.4. The number of ether oxygens (including phenoxy) is 1. The highest BCUT2D eigenvalue weighted by Gasteiger charge is 2.32. The van der Waals surface area contributed by atoms with Crippen molar-refractivity contribution in [1.29, 1.82) is 0 Å². The van der Waals surface area contributed by atoms with E-state index < -0.39 is 0 Å². The molecule has 6 aromatic rings. The summed E-state index contributed by atoms with van der Waals surface area (Å²) in [6.45, 7) is 4.47. The maximum absolute atomic E-state index is 13.1. The molecule has 3 aromatic heterocycles. The van der Waals surface area contributed by atoms with Gasteiger partial charge in [0.05, 0.1) is 18.0 Å². The first kappa shape index (κ1) is 37.2. The highest BCUT2D eigenvalue weighted by atomic mass is 19.1. The molecule has 0 aliphatic carbocycles. The van der Waals surface area contributed by atoms with E-state index in [1.54, 1.807) is 21.9 Å². The molecule has 2 amide bonds. The lowest BCUT2D eigenvalue weighted by Crippen LogP contribution is -2.39. The number of methoxy groups -OCH3 is 1. The minimum absolute atomic E-state index is 0.00779. The van der Waals surface area contributed by atoms with E-state index in [2.05, 4.69) is 25.4 Å². The average molecular weight is 752 g/mol. The van der Waals surface area contributed by atoms with Crippen molar-refractivity contribution in [1.82, 2.24) is 35.2 Å². The van der Waals surface area contributed by atoms with Crippen LogP contribution in [-0.4, -0.2) is 80.3 Å². The molecule has 0 spiro atoms. The Hall–Kier alpha value is -6.09. The number of benzene rings is 3.